The van der Waals surface area contributed by atoms with Gasteiger partial charge in [0.15, 0.2) is 0 Å². The van der Waals surface area contributed by atoms with Crippen LogP contribution in [-0.2, 0) is 0 Å². The van der Waals surface area contributed by atoms with Crippen LogP contribution in [0.2, 0.25) is 6.32 Å². The Morgan fingerprint density at radius 2 is 1.55 bits per heavy atom. The quantitative estimate of drug-likeness (QED) is 0.614. The Bertz CT molecular complexity index is 105. The second kappa shape index (κ2) is 3.62. The lowest BCUT2D eigenvalue weighted by Gasteiger charge is -2.33. The first-order chi connectivity index (χ1) is 4.83. The number of hydrogen-bond donors (Lipinski definition) is 1. The third-order valence-corrected chi connectivity index (χ3v) is 2.06. The molecule has 0 heterocycles. The number of nitrogens with two attached hydrogens (primary N) is 1. The van der Waals surface area contributed by atoms with E-state index in [0.717, 1.165) is 19.3 Å². The van der Waals surface area contributed by atoms with Gasteiger partial charge >= 0.3 is 0 Å². The summed E-state index contributed by atoms with van der Waals surface area (Å²) < 4.78 is 0. The van der Waals surface area contributed by atoms with Crippen LogP contribution in [-0.4, -0.2) is 14.4 Å². The van der Waals surface area contributed by atoms with Crippen molar-refractivity contribution >= 4 is 7.85 Å². The summed E-state index contributed by atoms with van der Waals surface area (Å²) >= 11 is 0. The molecule has 0 bridgehead atoms. The van der Waals surface area contributed by atoms with Crippen LogP contribution in [0.5, 0.6) is 0 Å². The topological polar surface area (TPSA) is 26.0 Å². The average molecular weight is 153 g/mol. The second-order valence-electron chi connectivity index (χ2n) is 4.91. The molecule has 0 atom stereocenters. The third kappa shape index (κ3) is 4.46. The first kappa shape index (κ1) is 11.0. The minimum Gasteiger partial charge on any atom is -0.330 e. The second-order valence-corrected chi connectivity index (χ2v) is 4.91. The van der Waals surface area contributed by atoms with Crippen LogP contribution in [0.1, 0.15) is 34.1 Å². The smallest absolute Gasteiger partial charge is 0.0660 e. The van der Waals surface area contributed by atoms with Gasteiger partial charge in [0.2, 0.25) is 0 Å². The van der Waals surface area contributed by atoms with Gasteiger partial charge in [-0.05, 0) is 23.8 Å². The average Bonchev–Trinajstić information content (AvgIpc) is 1.86. The van der Waals surface area contributed by atoms with Crippen molar-refractivity contribution in [3.63, 3.8) is 0 Å². The van der Waals surface area contributed by atoms with Crippen LogP contribution in [0.4, 0.5) is 0 Å². The molecule has 0 rings (SSSR count). The minimum absolute atomic E-state index is 0.225. The highest BCUT2D eigenvalue weighted by Crippen LogP contribution is 2.34. The summed E-state index contributed by atoms with van der Waals surface area (Å²) in [6, 6.07) is 0. The third-order valence-electron chi connectivity index (χ3n) is 2.06. The summed E-state index contributed by atoms with van der Waals surface area (Å²) in [6.07, 6.45) is 1.82. The highest BCUT2D eigenvalue weighted by molar-refractivity contribution is 6.08. The zero-order chi connectivity index (χ0) is 9.12. The van der Waals surface area contributed by atoms with Crippen LogP contribution in [0.3, 0.4) is 0 Å². The van der Waals surface area contributed by atoms with E-state index < -0.39 is 0 Å². The maximum Gasteiger partial charge on any atom is 0.0660 e. The predicted octanol–water partition coefficient (Wildman–Crippen LogP) is 1.97. The van der Waals surface area contributed by atoms with Crippen LogP contribution < -0.4 is 5.73 Å². The first-order valence-electron chi connectivity index (χ1n) is 4.23. The maximum absolute atomic E-state index is 5.63. The van der Waals surface area contributed by atoms with E-state index in [1.54, 1.807) is 0 Å². The molecule has 0 aliphatic carbocycles. The van der Waals surface area contributed by atoms with Crippen LogP contribution in [0, 0.1) is 10.8 Å². The van der Waals surface area contributed by atoms with E-state index in [1.165, 1.54) is 0 Å². The van der Waals surface area contributed by atoms with E-state index in [0.29, 0.717) is 0 Å². The first-order valence-corrected chi connectivity index (χ1v) is 4.23. The molecule has 2 N–H and O–H groups in total. The van der Waals surface area contributed by atoms with Gasteiger partial charge in [0.1, 0.15) is 0 Å². The summed E-state index contributed by atoms with van der Waals surface area (Å²) in [6.45, 7) is 9.47. The molecule has 0 aromatic carbocycles. The molecule has 0 saturated carbocycles. The molecule has 2 radical (unpaired) electrons. The van der Waals surface area contributed by atoms with Crippen molar-refractivity contribution in [3.05, 3.63) is 0 Å². The van der Waals surface area contributed by atoms with Crippen molar-refractivity contribution in [2.24, 2.45) is 16.6 Å². The highest BCUT2D eigenvalue weighted by Gasteiger charge is 2.25. The van der Waals surface area contributed by atoms with Crippen molar-refractivity contribution in [3.8, 4) is 0 Å². The summed E-state index contributed by atoms with van der Waals surface area (Å²) in [4.78, 5) is 0. The van der Waals surface area contributed by atoms with Crippen LogP contribution >= 0.6 is 0 Å². The van der Waals surface area contributed by atoms with E-state index >= 15 is 0 Å². The minimum atomic E-state index is 0.225. The molecule has 0 saturated heterocycles. The van der Waals surface area contributed by atoms with Crippen molar-refractivity contribution < 1.29 is 0 Å². The molecule has 0 aliphatic heterocycles. The van der Waals surface area contributed by atoms with Crippen LogP contribution in [0.25, 0.3) is 0 Å². The molecule has 1 nitrogen and oxygen atoms in total. The Kier molecular flexibility index (Phi) is 3.63. The SMILES string of the molecule is [B]CC(C)(C)CC(C)(C)CN. The van der Waals surface area contributed by atoms with Crippen molar-refractivity contribution in [1.82, 2.24) is 0 Å². The van der Waals surface area contributed by atoms with Gasteiger partial charge < -0.3 is 5.73 Å². The standard InChI is InChI=1S/C9H20BN/c1-8(2,6-10)5-9(3,4)7-11/h5-7,11H2,1-4H3. The zero-order valence-corrected chi connectivity index (χ0v) is 8.28. The monoisotopic (exact) mass is 153 g/mol. The molecule has 0 unspecified atom stereocenters. The summed E-state index contributed by atoms with van der Waals surface area (Å²) in [5.41, 5.74) is 6.08. The lowest BCUT2D eigenvalue weighted by atomic mass is 9.69. The van der Waals surface area contributed by atoms with Gasteiger partial charge in [-0.15, -0.1) is 0 Å². The van der Waals surface area contributed by atoms with Crippen molar-refractivity contribution in [2.45, 2.75) is 40.4 Å². The van der Waals surface area contributed by atoms with Gasteiger partial charge in [0.05, 0.1) is 7.85 Å². The Morgan fingerprint density at radius 3 is 1.82 bits per heavy atom. The van der Waals surface area contributed by atoms with Gasteiger partial charge in [-0.25, -0.2) is 0 Å². The molecule has 0 amide bonds. The van der Waals surface area contributed by atoms with Crippen molar-refractivity contribution in [1.29, 1.82) is 0 Å². The van der Waals surface area contributed by atoms with E-state index in [1.807, 2.05) is 0 Å². The molecule has 11 heavy (non-hydrogen) atoms. The Morgan fingerprint density at radius 1 is 1.09 bits per heavy atom. The zero-order valence-electron chi connectivity index (χ0n) is 8.28. The highest BCUT2D eigenvalue weighted by atomic mass is 14.6. The number of hydrogen-bond acceptors (Lipinski definition) is 1. The van der Waals surface area contributed by atoms with Gasteiger partial charge in [-0.3, -0.25) is 0 Å². The maximum atomic E-state index is 5.63. The molecular formula is C9H20BN. The lowest BCUT2D eigenvalue weighted by Crippen LogP contribution is -2.29. The normalized spacial score (nSPS) is 13.5. The van der Waals surface area contributed by atoms with Gasteiger partial charge in [-0.2, -0.15) is 0 Å². The largest absolute Gasteiger partial charge is 0.330 e. The van der Waals surface area contributed by atoms with E-state index in [-0.39, 0.29) is 10.8 Å². The molecule has 64 valence electrons. The fraction of sp³-hybridized carbons (Fsp3) is 1.00. The number of rotatable bonds is 4. The Hall–Kier alpha value is 0.0249. The Labute approximate surface area is 72.2 Å². The summed E-state index contributed by atoms with van der Waals surface area (Å²) in [5, 5.41) is 0. The molecule has 0 spiro atoms. The molecule has 0 aliphatic rings. The Balaban J connectivity index is 4.02. The predicted molar refractivity (Wildman–Crippen MR) is 51.8 cm³/mol. The van der Waals surface area contributed by atoms with E-state index in [9.17, 15) is 0 Å². The molecule has 0 aromatic heterocycles. The van der Waals surface area contributed by atoms with Gasteiger partial charge in [0.25, 0.3) is 0 Å². The molecular weight excluding hydrogens is 133 g/mol. The molecule has 0 aromatic rings. The van der Waals surface area contributed by atoms with Crippen molar-refractivity contribution in [2.75, 3.05) is 6.54 Å². The fourth-order valence-corrected chi connectivity index (χ4v) is 1.44. The summed E-state index contributed by atoms with van der Waals surface area (Å²) in [5.74, 6) is 0. The molecule has 0 fully saturated rings. The van der Waals surface area contributed by atoms with E-state index in [4.69, 9.17) is 13.6 Å². The van der Waals surface area contributed by atoms with Crippen LogP contribution in [0.15, 0.2) is 0 Å². The summed E-state index contributed by atoms with van der Waals surface area (Å²) in [7, 11) is 5.63. The van der Waals surface area contributed by atoms with Gasteiger partial charge in [0, 0.05) is 0 Å². The fourth-order valence-electron chi connectivity index (χ4n) is 1.44. The lowest BCUT2D eigenvalue weighted by molar-refractivity contribution is 0.220. The molecule has 2 heteroatoms. The van der Waals surface area contributed by atoms with E-state index in [2.05, 4.69) is 27.7 Å². The van der Waals surface area contributed by atoms with Gasteiger partial charge in [-0.1, -0.05) is 34.0 Å².